The van der Waals surface area contributed by atoms with E-state index in [1.165, 1.54) is 5.56 Å². The fraction of sp³-hybridized carbons (Fsp3) is 0.632. The van der Waals surface area contributed by atoms with E-state index in [-0.39, 0.29) is 5.91 Å². The number of aryl methyl sites for hydroxylation is 1. The van der Waals surface area contributed by atoms with E-state index in [9.17, 15) is 4.79 Å². The van der Waals surface area contributed by atoms with Crippen molar-refractivity contribution in [3.05, 3.63) is 29.8 Å². The van der Waals surface area contributed by atoms with Crippen LogP contribution in [0.4, 0.5) is 5.69 Å². The Kier molecular flexibility index (Phi) is 8.11. The lowest BCUT2D eigenvalue weighted by atomic mass is 10.0. The first-order valence-corrected chi connectivity index (χ1v) is 8.58. The van der Waals surface area contributed by atoms with Crippen LogP contribution in [-0.4, -0.2) is 11.9 Å². The van der Waals surface area contributed by atoms with E-state index in [1.807, 2.05) is 0 Å². The fourth-order valence-corrected chi connectivity index (χ4v) is 2.89. The minimum absolute atomic E-state index is 0.276. The van der Waals surface area contributed by atoms with Crippen molar-refractivity contribution in [3.8, 4) is 0 Å². The summed E-state index contributed by atoms with van der Waals surface area (Å²) in [6.07, 6.45) is 6.96. The molecule has 0 radical (unpaired) electrons. The molecule has 0 saturated heterocycles. The molecule has 0 unspecified atom stereocenters. The summed E-state index contributed by atoms with van der Waals surface area (Å²) in [5.74, 6) is 0.276. The zero-order valence-corrected chi connectivity index (χ0v) is 14.2. The highest BCUT2D eigenvalue weighted by molar-refractivity contribution is 5.94. The van der Waals surface area contributed by atoms with Gasteiger partial charge in [0, 0.05) is 18.2 Å². The van der Waals surface area contributed by atoms with Crippen LogP contribution in [0.3, 0.4) is 0 Å². The van der Waals surface area contributed by atoms with Crippen LogP contribution in [-0.2, 0) is 11.2 Å². The molecule has 0 bridgehead atoms. The Morgan fingerprint density at radius 3 is 2.24 bits per heavy atom. The predicted molar refractivity (Wildman–Crippen MR) is 91.8 cm³/mol. The fourth-order valence-electron chi connectivity index (χ4n) is 2.89. The maximum atomic E-state index is 12.7. The van der Waals surface area contributed by atoms with Gasteiger partial charge in [-0.15, -0.1) is 0 Å². The number of hydrogen-bond donors (Lipinski definition) is 0. The molecule has 21 heavy (non-hydrogen) atoms. The van der Waals surface area contributed by atoms with Gasteiger partial charge in [0.25, 0.3) is 0 Å². The van der Waals surface area contributed by atoms with Crippen molar-refractivity contribution in [2.75, 3.05) is 4.90 Å². The van der Waals surface area contributed by atoms with E-state index in [0.29, 0.717) is 12.5 Å². The third kappa shape index (κ3) is 5.18. The number of carbonyl (C=O) groups is 1. The summed E-state index contributed by atoms with van der Waals surface area (Å²) in [5.41, 5.74) is 2.38. The number of nitrogens with zero attached hydrogens (tertiary/aromatic N) is 1. The van der Waals surface area contributed by atoms with Gasteiger partial charge in [-0.05, 0) is 43.4 Å². The van der Waals surface area contributed by atoms with Gasteiger partial charge in [-0.25, -0.2) is 0 Å². The van der Waals surface area contributed by atoms with E-state index in [1.54, 1.807) is 0 Å². The third-order valence-electron chi connectivity index (χ3n) is 3.94. The molecule has 0 fully saturated rings. The van der Waals surface area contributed by atoms with Gasteiger partial charge >= 0.3 is 0 Å². The van der Waals surface area contributed by atoms with E-state index >= 15 is 0 Å². The molecule has 1 aromatic rings. The van der Waals surface area contributed by atoms with Gasteiger partial charge < -0.3 is 4.90 Å². The molecule has 0 aliphatic rings. The van der Waals surface area contributed by atoms with Gasteiger partial charge in [0.05, 0.1) is 0 Å². The van der Waals surface area contributed by atoms with Crippen molar-refractivity contribution >= 4 is 11.6 Å². The standard InChI is InChI=1S/C19H31NO/c1-5-10-17(11-6-2)20(19(21)12-7-3)18-14-9-13-16(8-4)15-18/h9,13-15,17H,5-8,10-12H2,1-4H3. The second-order valence-corrected chi connectivity index (χ2v) is 5.77. The molecule has 0 N–H and O–H groups in total. The van der Waals surface area contributed by atoms with E-state index in [0.717, 1.165) is 44.2 Å². The Morgan fingerprint density at radius 1 is 1.05 bits per heavy atom. The average Bonchev–Trinajstić information content (AvgIpc) is 2.48. The normalized spacial score (nSPS) is 10.9. The van der Waals surface area contributed by atoms with Gasteiger partial charge in [0.1, 0.15) is 0 Å². The number of carbonyl (C=O) groups excluding carboxylic acids is 1. The summed E-state index contributed by atoms with van der Waals surface area (Å²) in [4.78, 5) is 14.7. The molecular weight excluding hydrogens is 258 g/mol. The highest BCUT2D eigenvalue weighted by Crippen LogP contribution is 2.25. The Hall–Kier alpha value is -1.31. The maximum Gasteiger partial charge on any atom is 0.227 e. The van der Waals surface area contributed by atoms with E-state index < -0.39 is 0 Å². The Labute approximate surface area is 130 Å². The third-order valence-corrected chi connectivity index (χ3v) is 3.94. The molecule has 2 nitrogen and oxygen atoms in total. The van der Waals surface area contributed by atoms with Crippen molar-refractivity contribution in [2.24, 2.45) is 0 Å². The second-order valence-electron chi connectivity index (χ2n) is 5.77. The molecule has 2 heteroatoms. The van der Waals surface area contributed by atoms with Gasteiger partial charge in [0.2, 0.25) is 5.91 Å². The van der Waals surface area contributed by atoms with Crippen LogP contribution in [0, 0.1) is 0 Å². The lowest BCUT2D eigenvalue weighted by Crippen LogP contribution is -2.40. The van der Waals surface area contributed by atoms with Crippen LogP contribution in [0.25, 0.3) is 0 Å². The Bertz CT molecular complexity index is 421. The maximum absolute atomic E-state index is 12.7. The number of hydrogen-bond acceptors (Lipinski definition) is 1. The molecule has 1 rings (SSSR count). The van der Waals surface area contributed by atoms with E-state index in [4.69, 9.17) is 0 Å². The molecule has 1 amide bonds. The molecule has 0 aliphatic heterocycles. The van der Waals surface area contributed by atoms with Crippen LogP contribution < -0.4 is 4.90 Å². The molecule has 0 aliphatic carbocycles. The van der Waals surface area contributed by atoms with Crippen LogP contribution >= 0.6 is 0 Å². The molecule has 0 heterocycles. The number of amides is 1. The van der Waals surface area contributed by atoms with Crippen molar-refractivity contribution < 1.29 is 4.79 Å². The van der Waals surface area contributed by atoms with Crippen molar-refractivity contribution in [2.45, 2.75) is 78.7 Å². The molecule has 0 aromatic heterocycles. The first kappa shape index (κ1) is 17.7. The lowest BCUT2D eigenvalue weighted by Gasteiger charge is -2.32. The molecular formula is C19H31NO. The van der Waals surface area contributed by atoms with Crippen LogP contribution in [0.15, 0.2) is 24.3 Å². The number of benzene rings is 1. The van der Waals surface area contributed by atoms with Gasteiger partial charge in [0.15, 0.2) is 0 Å². The molecule has 118 valence electrons. The van der Waals surface area contributed by atoms with Crippen LogP contribution in [0.5, 0.6) is 0 Å². The Morgan fingerprint density at radius 2 is 1.71 bits per heavy atom. The SMILES string of the molecule is CCCC(=O)N(c1cccc(CC)c1)C(CCC)CCC. The highest BCUT2D eigenvalue weighted by atomic mass is 16.2. The minimum atomic E-state index is 0.276. The summed E-state index contributed by atoms with van der Waals surface area (Å²) < 4.78 is 0. The first-order valence-electron chi connectivity index (χ1n) is 8.58. The zero-order valence-electron chi connectivity index (χ0n) is 14.2. The van der Waals surface area contributed by atoms with Crippen molar-refractivity contribution in [3.63, 3.8) is 0 Å². The largest absolute Gasteiger partial charge is 0.309 e. The smallest absolute Gasteiger partial charge is 0.227 e. The minimum Gasteiger partial charge on any atom is -0.309 e. The van der Waals surface area contributed by atoms with Crippen LogP contribution in [0.1, 0.15) is 71.8 Å². The molecule has 0 saturated carbocycles. The topological polar surface area (TPSA) is 20.3 Å². The summed E-state index contributed by atoms with van der Waals surface area (Å²) in [6.45, 7) is 8.64. The van der Waals surface area contributed by atoms with Gasteiger partial charge in [-0.2, -0.15) is 0 Å². The average molecular weight is 289 g/mol. The van der Waals surface area contributed by atoms with Crippen molar-refractivity contribution in [1.29, 1.82) is 0 Å². The molecule has 0 atom stereocenters. The zero-order chi connectivity index (χ0) is 15.7. The summed E-state index contributed by atoms with van der Waals surface area (Å²) in [5, 5.41) is 0. The first-order chi connectivity index (χ1) is 10.2. The Balaban J connectivity index is 3.12. The summed E-state index contributed by atoms with van der Waals surface area (Å²) in [6, 6.07) is 8.83. The summed E-state index contributed by atoms with van der Waals surface area (Å²) in [7, 11) is 0. The molecule has 1 aromatic carbocycles. The molecule has 0 spiro atoms. The monoisotopic (exact) mass is 289 g/mol. The summed E-state index contributed by atoms with van der Waals surface area (Å²) >= 11 is 0. The van der Waals surface area contributed by atoms with E-state index in [2.05, 4.69) is 56.9 Å². The quantitative estimate of drug-likeness (QED) is 0.600. The number of rotatable bonds is 9. The highest BCUT2D eigenvalue weighted by Gasteiger charge is 2.23. The van der Waals surface area contributed by atoms with Crippen LogP contribution in [0.2, 0.25) is 0 Å². The number of anilines is 1. The predicted octanol–water partition coefficient (Wildman–Crippen LogP) is 5.35. The van der Waals surface area contributed by atoms with Gasteiger partial charge in [-0.3, -0.25) is 4.79 Å². The lowest BCUT2D eigenvalue weighted by molar-refractivity contribution is -0.119. The second kappa shape index (κ2) is 9.59. The van der Waals surface area contributed by atoms with Gasteiger partial charge in [-0.1, -0.05) is 52.7 Å². The van der Waals surface area contributed by atoms with Crippen molar-refractivity contribution in [1.82, 2.24) is 0 Å².